The number of methoxy groups -OCH3 is 1. The van der Waals surface area contributed by atoms with Crippen molar-refractivity contribution in [1.29, 1.82) is 0 Å². The average molecular weight is 264 g/mol. The third kappa shape index (κ3) is 3.01. The van der Waals surface area contributed by atoms with Crippen molar-refractivity contribution in [3.8, 4) is 11.5 Å². The lowest BCUT2D eigenvalue weighted by Gasteiger charge is -2.39. The number of hydrogen-bond donors (Lipinski definition) is 2. The van der Waals surface area contributed by atoms with E-state index in [4.69, 9.17) is 10.5 Å². The van der Waals surface area contributed by atoms with Crippen molar-refractivity contribution in [2.45, 2.75) is 38.3 Å². The minimum absolute atomic E-state index is 0.156. The van der Waals surface area contributed by atoms with Crippen molar-refractivity contribution < 1.29 is 9.84 Å². The number of nitrogens with two attached hydrogens (primary N) is 1. The molecule has 1 aromatic rings. The number of aromatic hydroxyl groups is 1. The first-order chi connectivity index (χ1) is 9.17. The Balaban J connectivity index is 2.24. The summed E-state index contributed by atoms with van der Waals surface area (Å²) < 4.78 is 5.25. The summed E-state index contributed by atoms with van der Waals surface area (Å²) in [4.78, 5) is 2.40. The van der Waals surface area contributed by atoms with E-state index >= 15 is 0 Å². The maximum absolute atomic E-state index is 10.1. The second kappa shape index (κ2) is 6.26. The first-order valence-electron chi connectivity index (χ1n) is 7.00. The zero-order chi connectivity index (χ0) is 13.8. The summed E-state index contributed by atoms with van der Waals surface area (Å²) >= 11 is 0. The Morgan fingerprint density at radius 1 is 1.47 bits per heavy atom. The molecule has 0 spiro atoms. The number of hydrogen-bond acceptors (Lipinski definition) is 4. The number of likely N-dealkylation sites (tertiary alicyclic amines) is 1. The van der Waals surface area contributed by atoms with Crippen molar-refractivity contribution in [2.75, 3.05) is 20.2 Å². The molecule has 4 nitrogen and oxygen atoms in total. The van der Waals surface area contributed by atoms with Crippen LogP contribution in [0.1, 0.15) is 37.8 Å². The lowest BCUT2D eigenvalue weighted by molar-refractivity contribution is 0.106. The molecular weight excluding hydrogens is 240 g/mol. The van der Waals surface area contributed by atoms with Crippen LogP contribution in [0, 0.1) is 0 Å². The fraction of sp³-hybridized carbons (Fsp3) is 0.600. The number of piperidine rings is 1. The van der Waals surface area contributed by atoms with Gasteiger partial charge >= 0.3 is 0 Å². The number of phenols is 1. The normalized spacial score (nSPS) is 22.2. The van der Waals surface area contributed by atoms with Gasteiger partial charge < -0.3 is 15.6 Å². The van der Waals surface area contributed by atoms with Crippen LogP contribution in [0.4, 0.5) is 0 Å². The van der Waals surface area contributed by atoms with E-state index in [1.165, 1.54) is 12.8 Å². The van der Waals surface area contributed by atoms with Gasteiger partial charge in [-0.2, -0.15) is 0 Å². The number of rotatable bonds is 4. The summed E-state index contributed by atoms with van der Waals surface area (Å²) in [5, 5.41) is 10.1. The average Bonchev–Trinajstić information content (AvgIpc) is 2.47. The number of phenolic OH excluding ortho intramolecular Hbond substituents is 1. The fourth-order valence-electron chi connectivity index (χ4n) is 2.96. The molecule has 1 fully saturated rings. The van der Waals surface area contributed by atoms with Crippen molar-refractivity contribution >= 4 is 0 Å². The van der Waals surface area contributed by atoms with Gasteiger partial charge in [-0.05, 0) is 44.5 Å². The van der Waals surface area contributed by atoms with Crippen LogP contribution in [-0.4, -0.2) is 36.2 Å². The molecule has 1 saturated heterocycles. The van der Waals surface area contributed by atoms with Crippen LogP contribution in [0.3, 0.4) is 0 Å². The maximum Gasteiger partial charge on any atom is 0.120 e. The van der Waals surface area contributed by atoms with Gasteiger partial charge in [0.05, 0.1) is 7.11 Å². The third-order valence-electron chi connectivity index (χ3n) is 4.13. The molecule has 3 N–H and O–H groups in total. The lowest BCUT2D eigenvalue weighted by atomic mass is 9.96. The Labute approximate surface area is 115 Å². The Hall–Kier alpha value is -1.26. The summed E-state index contributed by atoms with van der Waals surface area (Å²) in [5.41, 5.74) is 6.79. The zero-order valence-electron chi connectivity index (χ0n) is 11.8. The Bertz CT molecular complexity index is 423. The van der Waals surface area contributed by atoms with Crippen molar-refractivity contribution in [2.24, 2.45) is 5.73 Å². The van der Waals surface area contributed by atoms with Crippen molar-refractivity contribution in [1.82, 2.24) is 4.90 Å². The quantitative estimate of drug-likeness (QED) is 0.876. The van der Waals surface area contributed by atoms with Gasteiger partial charge in [-0.1, -0.05) is 6.42 Å². The summed E-state index contributed by atoms with van der Waals surface area (Å²) in [6.45, 7) is 3.84. The van der Waals surface area contributed by atoms with Crippen LogP contribution in [0.5, 0.6) is 11.5 Å². The summed E-state index contributed by atoms with van der Waals surface area (Å²) in [6, 6.07) is 5.97. The van der Waals surface area contributed by atoms with Gasteiger partial charge in [-0.15, -0.1) is 0 Å². The molecule has 0 radical (unpaired) electrons. The Morgan fingerprint density at radius 3 is 2.95 bits per heavy atom. The smallest absolute Gasteiger partial charge is 0.120 e. The molecule has 0 aromatic heterocycles. The van der Waals surface area contributed by atoms with Crippen LogP contribution < -0.4 is 10.5 Å². The van der Waals surface area contributed by atoms with Crippen molar-refractivity contribution in [3.05, 3.63) is 23.8 Å². The van der Waals surface area contributed by atoms with E-state index in [1.807, 2.05) is 6.07 Å². The fourth-order valence-corrected chi connectivity index (χ4v) is 2.96. The van der Waals surface area contributed by atoms with E-state index < -0.39 is 0 Å². The van der Waals surface area contributed by atoms with Gasteiger partial charge in [-0.25, -0.2) is 0 Å². The largest absolute Gasteiger partial charge is 0.508 e. The molecule has 2 unspecified atom stereocenters. The van der Waals surface area contributed by atoms with E-state index in [1.54, 1.807) is 19.2 Å². The van der Waals surface area contributed by atoms with Gasteiger partial charge in [-0.3, -0.25) is 4.90 Å². The van der Waals surface area contributed by atoms with Crippen LogP contribution in [0.15, 0.2) is 18.2 Å². The highest BCUT2D eigenvalue weighted by Crippen LogP contribution is 2.34. The highest BCUT2D eigenvalue weighted by Gasteiger charge is 2.27. The molecule has 106 valence electrons. The molecule has 1 heterocycles. The maximum atomic E-state index is 10.1. The van der Waals surface area contributed by atoms with E-state index in [-0.39, 0.29) is 6.04 Å². The predicted molar refractivity (Wildman–Crippen MR) is 76.5 cm³/mol. The zero-order valence-corrected chi connectivity index (χ0v) is 11.8. The molecule has 4 heteroatoms. The van der Waals surface area contributed by atoms with Gasteiger partial charge in [0.25, 0.3) is 0 Å². The third-order valence-corrected chi connectivity index (χ3v) is 4.13. The monoisotopic (exact) mass is 264 g/mol. The van der Waals surface area contributed by atoms with Crippen molar-refractivity contribution in [3.63, 3.8) is 0 Å². The second-order valence-electron chi connectivity index (χ2n) is 5.22. The van der Waals surface area contributed by atoms with Gasteiger partial charge in [0.1, 0.15) is 11.5 Å². The van der Waals surface area contributed by atoms with Gasteiger partial charge in [0, 0.05) is 24.2 Å². The van der Waals surface area contributed by atoms with Gasteiger partial charge in [0.15, 0.2) is 0 Å². The number of nitrogens with zero attached hydrogens (tertiary/aromatic N) is 1. The van der Waals surface area contributed by atoms with Crippen LogP contribution in [0.2, 0.25) is 0 Å². The van der Waals surface area contributed by atoms with E-state index in [2.05, 4.69) is 11.8 Å². The predicted octanol–water partition coefficient (Wildman–Crippen LogP) is 2.28. The summed E-state index contributed by atoms with van der Waals surface area (Å²) in [7, 11) is 1.64. The molecule has 0 bridgehead atoms. The first-order valence-corrected chi connectivity index (χ1v) is 7.00. The minimum atomic E-state index is 0.156. The molecule has 2 atom stereocenters. The van der Waals surface area contributed by atoms with Gasteiger partial charge in [0.2, 0.25) is 0 Å². The van der Waals surface area contributed by atoms with Crippen LogP contribution in [0.25, 0.3) is 0 Å². The van der Waals surface area contributed by atoms with E-state index in [0.29, 0.717) is 18.3 Å². The summed E-state index contributed by atoms with van der Waals surface area (Å²) in [6.07, 6.45) is 3.59. The van der Waals surface area contributed by atoms with E-state index in [0.717, 1.165) is 24.3 Å². The molecule has 0 saturated carbocycles. The van der Waals surface area contributed by atoms with Crippen LogP contribution >= 0.6 is 0 Å². The molecule has 0 aliphatic carbocycles. The molecule has 1 aromatic carbocycles. The molecule has 2 rings (SSSR count). The number of benzene rings is 1. The Morgan fingerprint density at radius 2 is 2.26 bits per heavy atom. The van der Waals surface area contributed by atoms with Crippen LogP contribution in [-0.2, 0) is 0 Å². The SMILES string of the molecule is COc1ccc(O)c(C(C)N2CCCCC2CN)c1. The summed E-state index contributed by atoms with van der Waals surface area (Å²) in [5.74, 6) is 1.11. The molecule has 1 aliphatic heterocycles. The topological polar surface area (TPSA) is 58.7 Å². The molecule has 1 aliphatic rings. The minimum Gasteiger partial charge on any atom is -0.508 e. The highest BCUT2D eigenvalue weighted by atomic mass is 16.5. The molecule has 0 amide bonds. The lowest BCUT2D eigenvalue weighted by Crippen LogP contribution is -2.45. The molecule has 19 heavy (non-hydrogen) atoms. The number of ether oxygens (including phenoxy) is 1. The molecular formula is C15H24N2O2. The Kier molecular flexibility index (Phi) is 4.66. The highest BCUT2D eigenvalue weighted by molar-refractivity contribution is 5.41. The first kappa shape index (κ1) is 14.2. The second-order valence-corrected chi connectivity index (χ2v) is 5.22. The van der Waals surface area contributed by atoms with E-state index in [9.17, 15) is 5.11 Å². The standard InChI is InChI=1S/C15H24N2O2/c1-11(17-8-4-3-5-12(17)10-16)14-9-13(19-2)6-7-15(14)18/h6-7,9,11-12,18H,3-5,8,10,16H2,1-2H3.